The van der Waals surface area contributed by atoms with Gasteiger partial charge in [-0.3, -0.25) is 4.79 Å². The van der Waals surface area contributed by atoms with Crippen molar-refractivity contribution < 1.29 is 9.53 Å². The molecule has 0 unspecified atom stereocenters. The van der Waals surface area contributed by atoms with Crippen molar-refractivity contribution in [3.8, 4) is 17.0 Å². The number of thioether (sulfide) groups is 1. The molecule has 2 heterocycles. The van der Waals surface area contributed by atoms with Gasteiger partial charge in [-0.05, 0) is 12.1 Å². The quantitative estimate of drug-likeness (QED) is 0.728. The molecule has 0 atom stereocenters. The van der Waals surface area contributed by atoms with Crippen LogP contribution in [-0.4, -0.2) is 27.8 Å². The summed E-state index contributed by atoms with van der Waals surface area (Å²) in [5, 5.41) is 3.98. The normalized spacial score (nSPS) is 12.6. The molecule has 4 rings (SSSR count). The van der Waals surface area contributed by atoms with E-state index in [1.54, 1.807) is 11.8 Å². The summed E-state index contributed by atoms with van der Waals surface area (Å²) in [6.07, 6.45) is 0. The fourth-order valence-corrected chi connectivity index (χ4v) is 3.91. The highest BCUT2D eigenvalue weighted by atomic mass is 32.2. The Morgan fingerprint density at radius 1 is 1.12 bits per heavy atom. The third-order valence-corrected chi connectivity index (χ3v) is 5.15. The number of para-hydroxylation sites is 1. The summed E-state index contributed by atoms with van der Waals surface area (Å²) in [5.41, 5.74) is 3.06. The van der Waals surface area contributed by atoms with Crippen LogP contribution in [0.4, 0.5) is 0 Å². The molecule has 132 valence electrons. The van der Waals surface area contributed by atoms with Crippen LogP contribution in [0.1, 0.15) is 5.69 Å². The van der Waals surface area contributed by atoms with E-state index in [-0.39, 0.29) is 12.5 Å². The molecule has 26 heavy (non-hydrogen) atoms. The van der Waals surface area contributed by atoms with Gasteiger partial charge in [-0.2, -0.15) is 0 Å². The second-order valence-corrected chi connectivity index (χ2v) is 7.00. The Morgan fingerprint density at radius 3 is 2.62 bits per heavy atom. The minimum absolute atomic E-state index is 0.000425. The molecule has 0 radical (unpaired) electrons. The van der Waals surface area contributed by atoms with Crippen LogP contribution in [0.2, 0.25) is 0 Å². The number of amides is 1. The summed E-state index contributed by atoms with van der Waals surface area (Å²) in [6.45, 7) is 1.36. The fraction of sp³-hybridized carbons (Fsp3) is 0.200. The van der Waals surface area contributed by atoms with Gasteiger partial charge in [0.05, 0.1) is 17.9 Å². The maximum Gasteiger partial charge on any atom is 0.258 e. The summed E-state index contributed by atoms with van der Waals surface area (Å²) >= 11 is 1.75. The zero-order valence-electron chi connectivity index (χ0n) is 14.2. The molecule has 0 fully saturated rings. The Balaban J connectivity index is 1.45. The van der Waals surface area contributed by atoms with Crippen LogP contribution in [0.3, 0.4) is 0 Å². The zero-order chi connectivity index (χ0) is 17.8. The number of nitrogens with zero attached hydrogens (tertiary/aromatic N) is 2. The molecular weight excluding hydrogens is 346 g/mol. The molecule has 1 aliphatic heterocycles. The molecule has 1 aromatic heterocycles. The van der Waals surface area contributed by atoms with Gasteiger partial charge in [0, 0.05) is 17.9 Å². The maximum atomic E-state index is 12.2. The van der Waals surface area contributed by atoms with Gasteiger partial charge in [0.25, 0.3) is 5.91 Å². The van der Waals surface area contributed by atoms with Crippen molar-refractivity contribution in [2.24, 2.45) is 0 Å². The minimum atomic E-state index is -0.144. The largest absolute Gasteiger partial charge is 0.484 e. The van der Waals surface area contributed by atoms with E-state index >= 15 is 0 Å². The number of aromatic nitrogens is 2. The van der Waals surface area contributed by atoms with Crippen molar-refractivity contribution in [1.82, 2.24) is 14.9 Å². The van der Waals surface area contributed by atoms with Gasteiger partial charge in [0.15, 0.2) is 11.8 Å². The fourth-order valence-electron chi connectivity index (χ4n) is 2.94. The van der Waals surface area contributed by atoms with Crippen molar-refractivity contribution >= 4 is 17.7 Å². The van der Waals surface area contributed by atoms with Gasteiger partial charge in [0.2, 0.25) is 0 Å². The number of carbonyl (C=O) groups is 1. The van der Waals surface area contributed by atoms with Crippen LogP contribution < -0.4 is 10.1 Å². The van der Waals surface area contributed by atoms with Gasteiger partial charge in [-0.1, -0.05) is 60.3 Å². The number of hydrogen-bond acceptors (Lipinski definition) is 4. The smallest absolute Gasteiger partial charge is 0.258 e. The molecule has 1 amide bonds. The lowest BCUT2D eigenvalue weighted by molar-refractivity contribution is -0.123. The van der Waals surface area contributed by atoms with Gasteiger partial charge in [-0.15, -0.1) is 0 Å². The van der Waals surface area contributed by atoms with Crippen LogP contribution in [0, 0.1) is 0 Å². The van der Waals surface area contributed by atoms with E-state index < -0.39 is 0 Å². The highest BCUT2D eigenvalue weighted by Gasteiger charge is 2.22. The van der Waals surface area contributed by atoms with Gasteiger partial charge in [-0.25, -0.2) is 4.98 Å². The molecule has 1 N–H and O–H groups in total. The molecule has 6 heteroatoms. The molecule has 0 spiro atoms. The second-order valence-electron chi connectivity index (χ2n) is 5.93. The Kier molecular flexibility index (Phi) is 4.93. The van der Waals surface area contributed by atoms with E-state index in [1.165, 1.54) is 0 Å². The number of imidazole rings is 1. The Hall–Kier alpha value is -2.73. The van der Waals surface area contributed by atoms with E-state index in [4.69, 9.17) is 9.72 Å². The minimum Gasteiger partial charge on any atom is -0.484 e. The number of benzene rings is 2. The standard InChI is InChI=1S/C20H19N3O2S/c24-18(14-25-16-9-5-2-6-10-16)21-13-17-19(15-7-3-1-4-8-15)22-20-23(17)11-12-26-20/h1-10H,11-14H2,(H,21,24). The summed E-state index contributed by atoms with van der Waals surface area (Å²) in [6, 6.07) is 19.4. The number of nitrogens with one attached hydrogen (secondary N) is 1. The lowest BCUT2D eigenvalue weighted by atomic mass is 10.1. The highest BCUT2D eigenvalue weighted by molar-refractivity contribution is 7.99. The van der Waals surface area contributed by atoms with Crippen molar-refractivity contribution in [1.29, 1.82) is 0 Å². The molecule has 0 bridgehead atoms. The average molecular weight is 365 g/mol. The summed E-state index contributed by atoms with van der Waals surface area (Å²) in [5.74, 6) is 1.57. The van der Waals surface area contributed by atoms with E-state index in [9.17, 15) is 4.79 Å². The van der Waals surface area contributed by atoms with Gasteiger partial charge in [0.1, 0.15) is 5.75 Å². The Bertz CT molecular complexity index is 894. The van der Waals surface area contributed by atoms with E-state index in [0.29, 0.717) is 12.3 Å². The predicted octanol–water partition coefficient (Wildman–Crippen LogP) is 3.35. The van der Waals surface area contributed by atoms with Crippen LogP contribution in [0.15, 0.2) is 65.8 Å². The lowest BCUT2D eigenvalue weighted by Gasteiger charge is -2.10. The predicted molar refractivity (Wildman–Crippen MR) is 102 cm³/mol. The molecular formula is C20H19N3O2S. The number of rotatable bonds is 6. The molecule has 3 aromatic rings. The van der Waals surface area contributed by atoms with Gasteiger partial charge < -0.3 is 14.6 Å². The maximum absolute atomic E-state index is 12.2. The van der Waals surface area contributed by atoms with Crippen molar-refractivity contribution in [3.05, 3.63) is 66.4 Å². The summed E-state index contributed by atoms with van der Waals surface area (Å²) < 4.78 is 7.71. The van der Waals surface area contributed by atoms with Crippen molar-refractivity contribution in [3.63, 3.8) is 0 Å². The SMILES string of the molecule is O=C(COc1ccccc1)NCc1c(-c2ccccc2)nc2n1CCS2. The van der Waals surface area contributed by atoms with Crippen LogP contribution in [0.25, 0.3) is 11.3 Å². The van der Waals surface area contributed by atoms with Crippen LogP contribution in [-0.2, 0) is 17.9 Å². The molecule has 2 aromatic carbocycles. The molecule has 0 saturated carbocycles. The van der Waals surface area contributed by atoms with E-state index in [2.05, 4.69) is 9.88 Å². The number of fused-ring (bicyclic) bond motifs is 1. The molecule has 5 nitrogen and oxygen atoms in total. The average Bonchev–Trinajstić information content (AvgIpc) is 3.28. The first-order chi connectivity index (χ1) is 12.8. The number of carbonyl (C=O) groups excluding carboxylic acids is 1. The Morgan fingerprint density at radius 2 is 1.85 bits per heavy atom. The third-order valence-electron chi connectivity index (χ3n) is 4.20. The topological polar surface area (TPSA) is 56.1 Å². The van der Waals surface area contributed by atoms with Crippen molar-refractivity contribution in [2.45, 2.75) is 18.2 Å². The van der Waals surface area contributed by atoms with Crippen LogP contribution in [0.5, 0.6) is 5.75 Å². The first-order valence-electron chi connectivity index (χ1n) is 8.53. The molecule has 0 saturated heterocycles. The summed E-state index contributed by atoms with van der Waals surface area (Å²) in [7, 11) is 0. The summed E-state index contributed by atoms with van der Waals surface area (Å²) in [4.78, 5) is 17.0. The van der Waals surface area contributed by atoms with E-state index in [0.717, 1.165) is 34.4 Å². The molecule has 1 aliphatic rings. The first kappa shape index (κ1) is 16.7. The number of ether oxygens (including phenoxy) is 1. The molecule has 0 aliphatic carbocycles. The van der Waals surface area contributed by atoms with E-state index in [1.807, 2.05) is 60.7 Å². The number of hydrogen-bond donors (Lipinski definition) is 1. The van der Waals surface area contributed by atoms with Crippen LogP contribution >= 0.6 is 11.8 Å². The first-order valence-corrected chi connectivity index (χ1v) is 9.52. The third kappa shape index (κ3) is 3.60. The Labute approximate surface area is 156 Å². The van der Waals surface area contributed by atoms with Gasteiger partial charge >= 0.3 is 0 Å². The zero-order valence-corrected chi connectivity index (χ0v) is 15.0. The van der Waals surface area contributed by atoms with Crippen molar-refractivity contribution in [2.75, 3.05) is 12.4 Å². The lowest BCUT2D eigenvalue weighted by Crippen LogP contribution is -2.29. The highest BCUT2D eigenvalue weighted by Crippen LogP contribution is 2.33. The second kappa shape index (κ2) is 7.66. The monoisotopic (exact) mass is 365 g/mol.